The predicted molar refractivity (Wildman–Crippen MR) is 120 cm³/mol. The largest absolute Gasteiger partial charge is 0.494 e. The van der Waals surface area contributed by atoms with Crippen molar-refractivity contribution in [3.63, 3.8) is 0 Å². The third-order valence-corrected chi connectivity index (χ3v) is 7.22. The number of sulfonamides is 1. The molecule has 3 rings (SSSR count). The van der Waals surface area contributed by atoms with Crippen LogP contribution in [-0.4, -0.2) is 44.9 Å². The fourth-order valence-electron chi connectivity index (χ4n) is 3.60. The van der Waals surface area contributed by atoms with Crippen LogP contribution in [0, 0.1) is 12.8 Å². The Morgan fingerprint density at radius 3 is 2.29 bits per heavy atom. The van der Waals surface area contributed by atoms with Crippen LogP contribution < -0.4 is 14.8 Å². The summed E-state index contributed by atoms with van der Waals surface area (Å²) < 4.78 is 38.4. The van der Waals surface area contributed by atoms with Crippen molar-refractivity contribution in [2.75, 3.05) is 31.6 Å². The lowest BCUT2D eigenvalue weighted by Gasteiger charge is -2.30. The summed E-state index contributed by atoms with van der Waals surface area (Å²) in [6.45, 7) is 7.32. The van der Waals surface area contributed by atoms with E-state index in [1.54, 1.807) is 42.5 Å². The number of aryl methyl sites for hydroxylation is 1. The molecule has 2 aromatic carbocycles. The Morgan fingerprint density at radius 2 is 1.68 bits per heavy atom. The Kier molecular flexibility index (Phi) is 7.56. The molecule has 1 heterocycles. The molecule has 1 fully saturated rings. The van der Waals surface area contributed by atoms with E-state index >= 15 is 0 Å². The number of carbonyl (C=O) groups excluding carboxylic acids is 1. The molecule has 7 nitrogen and oxygen atoms in total. The van der Waals surface area contributed by atoms with Crippen LogP contribution in [-0.2, 0) is 14.8 Å². The molecule has 1 saturated heterocycles. The second-order valence-corrected chi connectivity index (χ2v) is 9.44. The maximum atomic E-state index is 12.9. The molecule has 1 N–H and O–H groups in total. The van der Waals surface area contributed by atoms with Crippen LogP contribution in [0.4, 0.5) is 5.69 Å². The van der Waals surface area contributed by atoms with Crippen LogP contribution in [0.15, 0.2) is 47.4 Å². The van der Waals surface area contributed by atoms with Gasteiger partial charge in [-0.25, -0.2) is 8.42 Å². The number of anilines is 1. The molecule has 0 aromatic heterocycles. The van der Waals surface area contributed by atoms with E-state index in [1.165, 1.54) is 4.31 Å². The highest BCUT2D eigenvalue weighted by molar-refractivity contribution is 7.89. The molecule has 31 heavy (non-hydrogen) atoms. The average molecular weight is 447 g/mol. The summed E-state index contributed by atoms with van der Waals surface area (Å²) in [5.74, 6) is 0.829. The summed E-state index contributed by atoms with van der Waals surface area (Å²) in [5, 5.41) is 2.94. The standard InChI is InChI=1S/C23H30N2O5S/c1-4-29-19-8-11-22(30-5-2)21(16-19)24-23(26)18-12-14-25(15-13-18)31(27,28)20-9-6-17(3)7-10-20/h6-11,16,18H,4-5,12-15H2,1-3H3,(H,24,26). The maximum Gasteiger partial charge on any atom is 0.243 e. The molecule has 168 valence electrons. The van der Waals surface area contributed by atoms with Gasteiger partial charge in [0.25, 0.3) is 0 Å². The lowest BCUT2D eigenvalue weighted by atomic mass is 9.97. The van der Waals surface area contributed by atoms with Crippen LogP contribution in [0.3, 0.4) is 0 Å². The summed E-state index contributed by atoms with van der Waals surface area (Å²) in [5.41, 5.74) is 1.57. The number of ether oxygens (including phenoxy) is 2. The smallest absolute Gasteiger partial charge is 0.243 e. The third-order valence-electron chi connectivity index (χ3n) is 5.30. The van der Waals surface area contributed by atoms with E-state index in [0.29, 0.717) is 56.3 Å². The molecule has 0 saturated carbocycles. The van der Waals surface area contributed by atoms with Crippen molar-refractivity contribution in [3.05, 3.63) is 48.0 Å². The Morgan fingerprint density at radius 1 is 1.03 bits per heavy atom. The van der Waals surface area contributed by atoms with Crippen molar-refractivity contribution >= 4 is 21.6 Å². The first-order valence-corrected chi connectivity index (χ1v) is 12.1. The summed E-state index contributed by atoms with van der Waals surface area (Å²) in [6, 6.07) is 12.2. The third kappa shape index (κ3) is 5.57. The highest BCUT2D eigenvalue weighted by atomic mass is 32.2. The van der Waals surface area contributed by atoms with E-state index in [2.05, 4.69) is 5.32 Å². The van der Waals surface area contributed by atoms with Gasteiger partial charge in [-0.1, -0.05) is 17.7 Å². The average Bonchev–Trinajstić information content (AvgIpc) is 2.76. The van der Waals surface area contributed by atoms with Crippen molar-refractivity contribution in [3.8, 4) is 11.5 Å². The van der Waals surface area contributed by atoms with Gasteiger partial charge in [-0.2, -0.15) is 4.31 Å². The Labute approximate surface area is 184 Å². The van der Waals surface area contributed by atoms with E-state index in [-0.39, 0.29) is 16.7 Å². The Hall–Kier alpha value is -2.58. The molecule has 1 aliphatic rings. The fourth-order valence-corrected chi connectivity index (χ4v) is 5.07. The van der Waals surface area contributed by atoms with Gasteiger partial charge in [0.05, 0.1) is 23.8 Å². The number of piperidine rings is 1. The number of nitrogens with zero attached hydrogens (tertiary/aromatic N) is 1. The minimum atomic E-state index is -3.55. The van der Waals surface area contributed by atoms with Gasteiger partial charge in [0.2, 0.25) is 15.9 Å². The lowest BCUT2D eigenvalue weighted by Crippen LogP contribution is -2.41. The van der Waals surface area contributed by atoms with Gasteiger partial charge in [0, 0.05) is 25.1 Å². The molecule has 8 heteroatoms. The Bertz CT molecular complexity index is 997. The fraction of sp³-hybridized carbons (Fsp3) is 0.435. The van der Waals surface area contributed by atoms with Crippen LogP contribution in [0.25, 0.3) is 0 Å². The van der Waals surface area contributed by atoms with E-state index in [1.807, 2.05) is 20.8 Å². The minimum Gasteiger partial charge on any atom is -0.494 e. The molecule has 0 unspecified atom stereocenters. The normalized spacial score (nSPS) is 15.5. The molecule has 0 radical (unpaired) electrons. The summed E-state index contributed by atoms with van der Waals surface area (Å²) in [7, 11) is -3.55. The summed E-state index contributed by atoms with van der Waals surface area (Å²) in [6.07, 6.45) is 0.929. The number of amides is 1. The highest BCUT2D eigenvalue weighted by Gasteiger charge is 2.32. The van der Waals surface area contributed by atoms with E-state index < -0.39 is 10.0 Å². The van der Waals surface area contributed by atoms with Crippen LogP contribution in [0.1, 0.15) is 32.3 Å². The van der Waals surface area contributed by atoms with E-state index in [9.17, 15) is 13.2 Å². The zero-order chi connectivity index (χ0) is 22.4. The topological polar surface area (TPSA) is 84.9 Å². The second-order valence-electron chi connectivity index (χ2n) is 7.50. The Balaban J connectivity index is 1.65. The van der Waals surface area contributed by atoms with Crippen molar-refractivity contribution < 1.29 is 22.7 Å². The monoisotopic (exact) mass is 446 g/mol. The van der Waals surface area contributed by atoms with E-state index in [0.717, 1.165) is 5.56 Å². The summed E-state index contributed by atoms with van der Waals surface area (Å²) in [4.78, 5) is 13.2. The molecule has 1 aliphatic heterocycles. The molecular weight excluding hydrogens is 416 g/mol. The SMILES string of the molecule is CCOc1ccc(OCC)c(NC(=O)C2CCN(S(=O)(=O)c3ccc(C)cc3)CC2)c1. The number of carbonyl (C=O) groups is 1. The number of nitrogens with one attached hydrogen (secondary N) is 1. The first kappa shape index (κ1) is 23.1. The van der Waals surface area contributed by atoms with Crippen LogP contribution >= 0.6 is 0 Å². The quantitative estimate of drug-likeness (QED) is 0.666. The van der Waals surface area contributed by atoms with Crippen LogP contribution in [0.5, 0.6) is 11.5 Å². The lowest BCUT2D eigenvalue weighted by molar-refractivity contribution is -0.120. The number of rotatable bonds is 8. The van der Waals surface area contributed by atoms with Gasteiger partial charge >= 0.3 is 0 Å². The molecule has 2 aromatic rings. The van der Waals surface area contributed by atoms with Gasteiger partial charge in [-0.05, 0) is 57.9 Å². The summed E-state index contributed by atoms with van der Waals surface area (Å²) >= 11 is 0. The zero-order valence-electron chi connectivity index (χ0n) is 18.3. The van der Waals surface area contributed by atoms with Gasteiger partial charge in [0.15, 0.2) is 0 Å². The van der Waals surface area contributed by atoms with Crippen molar-refractivity contribution in [1.29, 1.82) is 0 Å². The van der Waals surface area contributed by atoms with E-state index in [4.69, 9.17) is 9.47 Å². The second kappa shape index (κ2) is 10.2. The van der Waals surface area contributed by atoms with Gasteiger partial charge in [-0.3, -0.25) is 4.79 Å². The van der Waals surface area contributed by atoms with Crippen molar-refractivity contribution in [2.45, 2.75) is 38.5 Å². The maximum absolute atomic E-state index is 12.9. The molecule has 0 spiro atoms. The predicted octanol–water partition coefficient (Wildman–Crippen LogP) is 3.83. The molecule has 1 amide bonds. The van der Waals surface area contributed by atoms with Crippen molar-refractivity contribution in [1.82, 2.24) is 4.31 Å². The van der Waals surface area contributed by atoms with Crippen molar-refractivity contribution in [2.24, 2.45) is 5.92 Å². The van der Waals surface area contributed by atoms with Crippen LogP contribution in [0.2, 0.25) is 0 Å². The first-order chi connectivity index (χ1) is 14.8. The van der Waals surface area contributed by atoms with Gasteiger partial charge < -0.3 is 14.8 Å². The molecule has 0 bridgehead atoms. The first-order valence-electron chi connectivity index (χ1n) is 10.6. The molecule has 0 aliphatic carbocycles. The number of hydrogen-bond acceptors (Lipinski definition) is 5. The number of hydrogen-bond donors (Lipinski definition) is 1. The minimum absolute atomic E-state index is 0.137. The molecule has 0 atom stereocenters. The number of benzene rings is 2. The highest BCUT2D eigenvalue weighted by Crippen LogP contribution is 2.31. The van der Waals surface area contributed by atoms with Gasteiger partial charge in [-0.15, -0.1) is 0 Å². The zero-order valence-corrected chi connectivity index (χ0v) is 19.1. The molecular formula is C23H30N2O5S. The van der Waals surface area contributed by atoms with Gasteiger partial charge in [0.1, 0.15) is 11.5 Å².